The summed E-state index contributed by atoms with van der Waals surface area (Å²) in [5, 5.41) is 3.54. The molecule has 1 aromatic rings. The van der Waals surface area contributed by atoms with E-state index in [1.165, 1.54) is 54.3 Å². The second-order valence-electron chi connectivity index (χ2n) is 5.26. The van der Waals surface area contributed by atoms with Crippen molar-refractivity contribution in [1.82, 2.24) is 5.32 Å². The second-order valence-corrected chi connectivity index (χ2v) is 6.49. The summed E-state index contributed by atoms with van der Waals surface area (Å²) in [6.07, 6.45) is 2.50. The number of hydrogen-bond donors (Lipinski definition) is 1. The van der Waals surface area contributed by atoms with Crippen LogP contribution in [0.2, 0.25) is 0 Å². The van der Waals surface area contributed by atoms with Crippen LogP contribution in [0.15, 0.2) is 18.2 Å². The lowest BCUT2D eigenvalue weighted by Crippen LogP contribution is -2.27. The van der Waals surface area contributed by atoms with Gasteiger partial charge in [-0.3, -0.25) is 0 Å². The van der Waals surface area contributed by atoms with Crippen LogP contribution in [-0.2, 0) is 6.54 Å². The van der Waals surface area contributed by atoms with Crippen molar-refractivity contribution < 1.29 is 0 Å². The quantitative estimate of drug-likeness (QED) is 0.831. The van der Waals surface area contributed by atoms with Crippen LogP contribution in [0.4, 0.5) is 5.69 Å². The number of hydrogen-bond acceptors (Lipinski definition) is 3. The van der Waals surface area contributed by atoms with Crippen molar-refractivity contribution in [2.24, 2.45) is 0 Å². The lowest BCUT2D eigenvalue weighted by molar-refractivity contribution is 0.672. The van der Waals surface area contributed by atoms with Gasteiger partial charge < -0.3 is 10.2 Å². The van der Waals surface area contributed by atoms with Gasteiger partial charge in [-0.15, -0.1) is 0 Å². The summed E-state index contributed by atoms with van der Waals surface area (Å²) in [5.74, 6) is 2.57. The fourth-order valence-electron chi connectivity index (χ4n) is 2.55. The minimum atomic E-state index is 0.995. The number of anilines is 1. The van der Waals surface area contributed by atoms with E-state index in [0.29, 0.717) is 0 Å². The molecule has 19 heavy (non-hydrogen) atoms. The first-order chi connectivity index (χ1) is 9.31. The van der Waals surface area contributed by atoms with Crippen LogP contribution in [0, 0.1) is 6.92 Å². The zero-order valence-electron chi connectivity index (χ0n) is 12.2. The highest BCUT2D eigenvalue weighted by Crippen LogP contribution is 2.24. The molecule has 1 aliphatic rings. The Morgan fingerprint density at radius 2 is 2.16 bits per heavy atom. The van der Waals surface area contributed by atoms with Gasteiger partial charge in [0.15, 0.2) is 0 Å². The Hall–Kier alpha value is -0.670. The molecule has 0 bridgehead atoms. The zero-order valence-corrected chi connectivity index (χ0v) is 13.1. The maximum atomic E-state index is 3.54. The van der Waals surface area contributed by atoms with E-state index < -0.39 is 0 Å². The van der Waals surface area contributed by atoms with Gasteiger partial charge in [0.1, 0.15) is 0 Å². The monoisotopic (exact) mass is 278 g/mol. The summed E-state index contributed by atoms with van der Waals surface area (Å²) in [6, 6.07) is 6.90. The van der Waals surface area contributed by atoms with E-state index in [2.05, 4.69) is 54.0 Å². The van der Waals surface area contributed by atoms with E-state index in [0.717, 1.165) is 13.1 Å². The fraction of sp³-hybridized carbons (Fsp3) is 0.625. The van der Waals surface area contributed by atoms with Crippen molar-refractivity contribution in [3.05, 3.63) is 29.3 Å². The summed E-state index contributed by atoms with van der Waals surface area (Å²) in [7, 11) is 0. The molecule has 1 fully saturated rings. The van der Waals surface area contributed by atoms with Crippen LogP contribution < -0.4 is 10.2 Å². The third-order valence-corrected chi connectivity index (χ3v) is 4.59. The number of aryl methyl sites for hydroxylation is 1. The maximum Gasteiger partial charge on any atom is 0.0412 e. The number of nitrogens with one attached hydrogen (secondary N) is 1. The molecular formula is C16H26N2S. The van der Waals surface area contributed by atoms with E-state index in [-0.39, 0.29) is 0 Å². The molecule has 1 aliphatic heterocycles. The van der Waals surface area contributed by atoms with E-state index >= 15 is 0 Å². The Morgan fingerprint density at radius 3 is 3.00 bits per heavy atom. The molecule has 0 aromatic heterocycles. The fourth-order valence-corrected chi connectivity index (χ4v) is 3.44. The van der Waals surface area contributed by atoms with E-state index in [9.17, 15) is 0 Å². The average molecular weight is 278 g/mol. The summed E-state index contributed by atoms with van der Waals surface area (Å²) in [6.45, 7) is 8.89. The molecule has 0 aliphatic carbocycles. The van der Waals surface area contributed by atoms with Gasteiger partial charge in [0.2, 0.25) is 0 Å². The molecular weight excluding hydrogens is 252 g/mol. The van der Waals surface area contributed by atoms with Crippen molar-refractivity contribution in [1.29, 1.82) is 0 Å². The van der Waals surface area contributed by atoms with Gasteiger partial charge in [0, 0.05) is 31.1 Å². The molecule has 3 heteroatoms. The predicted octanol–water partition coefficient (Wildman–Crippen LogP) is 3.44. The van der Waals surface area contributed by atoms with Crippen molar-refractivity contribution in [2.45, 2.75) is 33.2 Å². The smallest absolute Gasteiger partial charge is 0.0412 e. The van der Waals surface area contributed by atoms with Crippen molar-refractivity contribution >= 4 is 17.4 Å². The summed E-state index contributed by atoms with van der Waals surface area (Å²) < 4.78 is 0. The van der Waals surface area contributed by atoms with Crippen LogP contribution in [0.25, 0.3) is 0 Å². The van der Waals surface area contributed by atoms with Gasteiger partial charge >= 0.3 is 0 Å². The van der Waals surface area contributed by atoms with Gasteiger partial charge in [-0.25, -0.2) is 0 Å². The largest absolute Gasteiger partial charge is 0.370 e. The van der Waals surface area contributed by atoms with Crippen molar-refractivity contribution in [3.63, 3.8) is 0 Å². The average Bonchev–Trinajstić information content (AvgIpc) is 2.68. The topological polar surface area (TPSA) is 15.3 Å². The van der Waals surface area contributed by atoms with Gasteiger partial charge in [-0.2, -0.15) is 11.8 Å². The van der Waals surface area contributed by atoms with E-state index in [4.69, 9.17) is 0 Å². The Kier molecular flexibility index (Phi) is 6.05. The molecule has 0 atom stereocenters. The predicted molar refractivity (Wildman–Crippen MR) is 87.3 cm³/mol. The third-order valence-electron chi connectivity index (χ3n) is 3.54. The zero-order chi connectivity index (χ0) is 13.5. The molecule has 0 amide bonds. The second kappa shape index (κ2) is 7.81. The first-order valence-electron chi connectivity index (χ1n) is 7.44. The standard InChI is InChI=1S/C16H26N2S/c1-3-7-17-13-15-12-14(2)5-6-16(15)18-8-4-10-19-11-9-18/h5-6,12,17H,3-4,7-11,13H2,1-2H3. The number of thioether (sulfide) groups is 1. The number of benzene rings is 1. The Labute approximate surface area is 122 Å². The van der Waals surface area contributed by atoms with E-state index in [1.54, 1.807) is 0 Å². The lowest BCUT2D eigenvalue weighted by Gasteiger charge is -2.25. The molecule has 0 spiro atoms. The normalized spacial score (nSPS) is 16.4. The Bertz CT molecular complexity index is 384. The highest BCUT2D eigenvalue weighted by Gasteiger charge is 2.13. The van der Waals surface area contributed by atoms with Crippen LogP contribution >= 0.6 is 11.8 Å². The molecule has 0 unspecified atom stereocenters. The minimum Gasteiger partial charge on any atom is -0.370 e. The molecule has 106 valence electrons. The van der Waals surface area contributed by atoms with Crippen LogP contribution in [0.5, 0.6) is 0 Å². The van der Waals surface area contributed by atoms with Crippen LogP contribution in [0.1, 0.15) is 30.9 Å². The first kappa shape index (κ1) is 14.7. The Balaban J connectivity index is 2.12. The summed E-state index contributed by atoms with van der Waals surface area (Å²) in [5.41, 5.74) is 4.26. The molecule has 0 radical (unpaired) electrons. The van der Waals surface area contributed by atoms with Gasteiger partial charge in [0.05, 0.1) is 0 Å². The molecule has 2 nitrogen and oxygen atoms in total. The highest BCUT2D eigenvalue weighted by molar-refractivity contribution is 7.99. The van der Waals surface area contributed by atoms with Crippen molar-refractivity contribution in [2.75, 3.05) is 36.0 Å². The Morgan fingerprint density at radius 1 is 1.26 bits per heavy atom. The van der Waals surface area contributed by atoms with Gasteiger partial charge in [-0.1, -0.05) is 24.6 Å². The molecule has 1 aromatic carbocycles. The van der Waals surface area contributed by atoms with Crippen molar-refractivity contribution in [3.8, 4) is 0 Å². The SMILES string of the molecule is CCCNCc1cc(C)ccc1N1CCCSCC1. The molecule has 1 heterocycles. The summed E-state index contributed by atoms with van der Waals surface area (Å²) >= 11 is 2.09. The number of nitrogens with zero attached hydrogens (tertiary/aromatic N) is 1. The highest BCUT2D eigenvalue weighted by atomic mass is 32.2. The molecule has 2 rings (SSSR count). The van der Waals surface area contributed by atoms with Gasteiger partial charge in [0.25, 0.3) is 0 Å². The molecule has 1 N–H and O–H groups in total. The maximum absolute atomic E-state index is 3.54. The molecule has 1 saturated heterocycles. The third kappa shape index (κ3) is 4.43. The minimum absolute atomic E-state index is 0.995. The van der Waals surface area contributed by atoms with E-state index in [1.807, 2.05) is 0 Å². The summed E-state index contributed by atoms with van der Waals surface area (Å²) in [4.78, 5) is 2.57. The van der Waals surface area contributed by atoms with Crippen LogP contribution in [0.3, 0.4) is 0 Å². The van der Waals surface area contributed by atoms with Gasteiger partial charge in [-0.05, 0) is 43.7 Å². The number of rotatable bonds is 5. The first-order valence-corrected chi connectivity index (χ1v) is 8.59. The lowest BCUT2D eigenvalue weighted by atomic mass is 10.1. The molecule has 0 saturated carbocycles. The van der Waals surface area contributed by atoms with Crippen LogP contribution in [-0.4, -0.2) is 31.1 Å².